The Morgan fingerprint density at radius 1 is 1.14 bits per heavy atom. The molecule has 184 valence electrons. The van der Waals surface area contributed by atoms with Gasteiger partial charge in [0, 0.05) is 36.4 Å². The molecule has 8 nitrogen and oxygen atoms in total. The van der Waals surface area contributed by atoms with E-state index in [0.717, 1.165) is 25.1 Å². The highest BCUT2D eigenvalue weighted by Crippen LogP contribution is 2.35. The Bertz CT molecular complexity index is 1260. The van der Waals surface area contributed by atoms with Crippen molar-refractivity contribution in [2.24, 2.45) is 0 Å². The predicted molar refractivity (Wildman–Crippen MR) is 137 cm³/mol. The van der Waals surface area contributed by atoms with E-state index in [4.69, 9.17) is 4.74 Å². The van der Waals surface area contributed by atoms with E-state index < -0.39 is 11.9 Å². The number of aryl methyl sites for hydroxylation is 1. The summed E-state index contributed by atoms with van der Waals surface area (Å²) in [5.41, 5.74) is 2.28. The lowest BCUT2D eigenvalue weighted by Gasteiger charge is -2.27. The summed E-state index contributed by atoms with van der Waals surface area (Å²) in [6.45, 7) is 6.90. The third-order valence-electron chi connectivity index (χ3n) is 6.16. The van der Waals surface area contributed by atoms with Crippen molar-refractivity contribution in [1.82, 2.24) is 9.55 Å². The summed E-state index contributed by atoms with van der Waals surface area (Å²) in [5.74, 6) is -0.322. The molecular formula is C27H32N4O4. The lowest BCUT2D eigenvalue weighted by Crippen LogP contribution is -2.30. The van der Waals surface area contributed by atoms with Crippen LogP contribution in [-0.2, 0) is 20.7 Å². The Morgan fingerprint density at radius 3 is 2.51 bits per heavy atom. The van der Waals surface area contributed by atoms with Gasteiger partial charge in [0.2, 0.25) is 0 Å². The molecule has 1 fully saturated rings. The minimum atomic E-state index is -0.504. The number of nitrogens with one attached hydrogen (secondary N) is 1. The molecule has 0 saturated heterocycles. The zero-order valence-electron chi connectivity index (χ0n) is 20.5. The van der Waals surface area contributed by atoms with Gasteiger partial charge in [0.1, 0.15) is 5.82 Å². The van der Waals surface area contributed by atoms with Gasteiger partial charge in [0.05, 0.1) is 17.3 Å². The smallest absolute Gasteiger partial charge is 0.306 e. The number of benzene rings is 2. The first-order valence-corrected chi connectivity index (χ1v) is 12.2. The second-order valence-corrected chi connectivity index (χ2v) is 9.09. The Labute approximate surface area is 204 Å². The SMILES string of the molecule is CCN(c1ccc(NC(=O)COC(=O)CCc2nc3ccccc3c(=O)n2C2CC2)cc1)C(C)C. The fourth-order valence-electron chi connectivity index (χ4n) is 4.29. The van der Waals surface area contributed by atoms with Gasteiger partial charge in [-0.05, 0) is 70.0 Å². The largest absolute Gasteiger partial charge is 0.456 e. The number of nitrogens with zero attached hydrogens (tertiary/aromatic N) is 3. The number of ether oxygens (including phenoxy) is 1. The van der Waals surface area contributed by atoms with E-state index >= 15 is 0 Å². The minimum Gasteiger partial charge on any atom is -0.456 e. The zero-order valence-corrected chi connectivity index (χ0v) is 20.5. The van der Waals surface area contributed by atoms with Gasteiger partial charge in [0.25, 0.3) is 11.5 Å². The molecule has 0 atom stereocenters. The van der Waals surface area contributed by atoms with Crippen molar-refractivity contribution in [2.75, 3.05) is 23.4 Å². The predicted octanol–water partition coefficient (Wildman–Crippen LogP) is 4.08. The van der Waals surface area contributed by atoms with Crippen LogP contribution < -0.4 is 15.8 Å². The Hall–Kier alpha value is -3.68. The summed E-state index contributed by atoms with van der Waals surface area (Å²) >= 11 is 0. The van der Waals surface area contributed by atoms with Crippen LogP contribution in [0.3, 0.4) is 0 Å². The standard InChI is InChI=1S/C27H32N4O4/c1-4-30(18(2)3)20-11-9-19(10-12-20)28-25(32)17-35-26(33)16-15-24-29-23-8-6-5-7-22(23)27(34)31(24)21-13-14-21/h5-12,18,21H,4,13-17H2,1-3H3,(H,28,32). The van der Waals surface area contributed by atoms with Crippen LogP contribution in [0.5, 0.6) is 0 Å². The number of esters is 1. The van der Waals surface area contributed by atoms with Gasteiger partial charge in [-0.3, -0.25) is 19.0 Å². The number of amides is 1. The Balaban J connectivity index is 1.31. The van der Waals surface area contributed by atoms with Crippen LogP contribution in [0.4, 0.5) is 11.4 Å². The molecule has 0 bridgehead atoms. The van der Waals surface area contributed by atoms with E-state index in [-0.39, 0.29) is 31.0 Å². The molecule has 1 saturated carbocycles. The van der Waals surface area contributed by atoms with E-state index in [2.05, 4.69) is 36.0 Å². The molecule has 1 aliphatic rings. The summed E-state index contributed by atoms with van der Waals surface area (Å²) in [6, 6.07) is 15.4. The van der Waals surface area contributed by atoms with Crippen molar-refractivity contribution in [3.63, 3.8) is 0 Å². The first-order chi connectivity index (χ1) is 16.9. The molecule has 1 amide bonds. The van der Waals surface area contributed by atoms with Crippen molar-refractivity contribution in [3.05, 3.63) is 64.7 Å². The van der Waals surface area contributed by atoms with Gasteiger partial charge in [-0.1, -0.05) is 12.1 Å². The van der Waals surface area contributed by atoms with Crippen LogP contribution >= 0.6 is 0 Å². The van der Waals surface area contributed by atoms with E-state index in [0.29, 0.717) is 28.5 Å². The van der Waals surface area contributed by atoms with Gasteiger partial charge in [-0.2, -0.15) is 0 Å². The highest BCUT2D eigenvalue weighted by atomic mass is 16.5. The summed E-state index contributed by atoms with van der Waals surface area (Å²) in [6.07, 6.45) is 2.20. The van der Waals surface area contributed by atoms with Crippen molar-refractivity contribution in [2.45, 2.75) is 58.5 Å². The second-order valence-electron chi connectivity index (χ2n) is 9.09. The molecule has 1 aromatic heterocycles. The van der Waals surface area contributed by atoms with Crippen LogP contribution in [-0.4, -0.2) is 40.6 Å². The minimum absolute atomic E-state index is 0.0432. The molecule has 0 aliphatic heterocycles. The average Bonchev–Trinajstić information content (AvgIpc) is 3.68. The van der Waals surface area contributed by atoms with E-state index in [1.54, 1.807) is 16.7 Å². The van der Waals surface area contributed by atoms with Gasteiger partial charge < -0.3 is 15.0 Å². The zero-order chi connectivity index (χ0) is 24.9. The number of carbonyl (C=O) groups is 2. The van der Waals surface area contributed by atoms with E-state index in [1.165, 1.54) is 0 Å². The van der Waals surface area contributed by atoms with Crippen LogP contribution in [0.2, 0.25) is 0 Å². The van der Waals surface area contributed by atoms with Crippen LogP contribution in [0.15, 0.2) is 53.3 Å². The van der Waals surface area contributed by atoms with Crippen LogP contribution in [0.25, 0.3) is 10.9 Å². The van der Waals surface area contributed by atoms with Crippen molar-refractivity contribution in [1.29, 1.82) is 0 Å². The normalized spacial score (nSPS) is 13.1. The first kappa shape index (κ1) is 24.4. The molecule has 1 heterocycles. The molecule has 8 heteroatoms. The number of rotatable bonds is 10. The third-order valence-corrected chi connectivity index (χ3v) is 6.16. The summed E-state index contributed by atoms with van der Waals surface area (Å²) in [7, 11) is 0. The number of aromatic nitrogens is 2. The number of carbonyl (C=O) groups excluding carboxylic acids is 2. The first-order valence-electron chi connectivity index (χ1n) is 12.2. The summed E-state index contributed by atoms with van der Waals surface area (Å²) < 4.78 is 6.88. The van der Waals surface area contributed by atoms with Gasteiger partial charge in [-0.25, -0.2) is 4.98 Å². The molecule has 3 aromatic rings. The topological polar surface area (TPSA) is 93.5 Å². The number of para-hydroxylation sites is 1. The second kappa shape index (κ2) is 10.7. The Morgan fingerprint density at radius 2 is 1.86 bits per heavy atom. The maximum Gasteiger partial charge on any atom is 0.306 e. The number of hydrogen-bond donors (Lipinski definition) is 1. The van der Waals surface area contributed by atoms with E-state index in [9.17, 15) is 14.4 Å². The summed E-state index contributed by atoms with van der Waals surface area (Å²) in [4.78, 5) is 44.4. The molecule has 35 heavy (non-hydrogen) atoms. The number of anilines is 2. The van der Waals surface area contributed by atoms with Crippen LogP contribution in [0, 0.1) is 0 Å². The maximum absolute atomic E-state index is 12.9. The lowest BCUT2D eigenvalue weighted by atomic mass is 10.2. The van der Waals surface area contributed by atoms with Crippen molar-refractivity contribution >= 4 is 34.2 Å². The highest BCUT2D eigenvalue weighted by Gasteiger charge is 2.28. The number of hydrogen-bond acceptors (Lipinski definition) is 6. The average molecular weight is 477 g/mol. The van der Waals surface area contributed by atoms with Gasteiger partial charge in [-0.15, -0.1) is 0 Å². The quantitative estimate of drug-likeness (QED) is 0.443. The monoisotopic (exact) mass is 476 g/mol. The Kier molecular flexibility index (Phi) is 7.48. The maximum atomic E-state index is 12.9. The molecule has 0 unspecified atom stereocenters. The summed E-state index contributed by atoms with van der Waals surface area (Å²) in [5, 5.41) is 3.34. The fraction of sp³-hybridized carbons (Fsp3) is 0.407. The highest BCUT2D eigenvalue weighted by molar-refractivity contribution is 5.93. The fourth-order valence-corrected chi connectivity index (χ4v) is 4.29. The van der Waals surface area contributed by atoms with Crippen molar-refractivity contribution < 1.29 is 14.3 Å². The van der Waals surface area contributed by atoms with E-state index in [1.807, 2.05) is 36.4 Å². The molecule has 1 N–H and O–H groups in total. The molecule has 4 rings (SSSR count). The molecule has 2 aromatic carbocycles. The molecular weight excluding hydrogens is 444 g/mol. The molecule has 0 spiro atoms. The third kappa shape index (κ3) is 5.88. The molecule has 0 radical (unpaired) electrons. The number of fused-ring (bicyclic) bond motifs is 1. The van der Waals surface area contributed by atoms with Crippen LogP contribution in [0.1, 0.15) is 51.9 Å². The van der Waals surface area contributed by atoms with Gasteiger partial charge >= 0.3 is 5.97 Å². The van der Waals surface area contributed by atoms with Gasteiger partial charge in [0.15, 0.2) is 6.61 Å². The molecule has 1 aliphatic carbocycles. The lowest BCUT2D eigenvalue weighted by molar-refractivity contribution is -0.147. The van der Waals surface area contributed by atoms with Crippen molar-refractivity contribution in [3.8, 4) is 0 Å².